The minimum absolute atomic E-state index is 0.0699. The van der Waals surface area contributed by atoms with Crippen molar-refractivity contribution in [3.05, 3.63) is 131 Å². The Morgan fingerprint density at radius 2 is 1.03 bits per heavy atom. The molecule has 0 aromatic heterocycles. The van der Waals surface area contributed by atoms with Crippen LogP contribution in [0.4, 0.5) is 11.4 Å². The first-order valence-corrected chi connectivity index (χ1v) is 11.7. The predicted molar refractivity (Wildman–Crippen MR) is 141 cm³/mol. The summed E-state index contributed by atoms with van der Waals surface area (Å²) >= 11 is 0. The summed E-state index contributed by atoms with van der Waals surface area (Å²) in [6, 6.07) is 36.0. The number of hydrogen-bond acceptors (Lipinski definition) is 4. The van der Waals surface area contributed by atoms with Crippen LogP contribution in [-0.4, -0.2) is 16.0 Å². The number of aliphatic hydroxyl groups is 1. The first-order valence-electron chi connectivity index (χ1n) is 11.7. The van der Waals surface area contributed by atoms with E-state index in [-0.39, 0.29) is 6.04 Å². The van der Waals surface area contributed by atoms with Crippen LogP contribution in [0.1, 0.15) is 35.6 Å². The molecule has 0 heterocycles. The molecule has 174 valence electrons. The smallest absolute Gasteiger partial charge is 0.116 e. The Morgan fingerprint density at radius 1 is 0.647 bits per heavy atom. The summed E-state index contributed by atoms with van der Waals surface area (Å²) in [5.41, 5.74) is 16.2. The zero-order chi connectivity index (χ0) is 24.0. The molecule has 0 saturated heterocycles. The largest absolute Gasteiger partial charge is 0.399 e. The van der Waals surface area contributed by atoms with Crippen LogP contribution in [0.15, 0.2) is 109 Å². The fourth-order valence-corrected chi connectivity index (χ4v) is 4.48. The quantitative estimate of drug-likeness (QED) is 0.291. The molecule has 4 aromatic carbocycles. The maximum Gasteiger partial charge on any atom is 0.116 e. The van der Waals surface area contributed by atoms with Crippen LogP contribution in [0.3, 0.4) is 0 Å². The Balaban J connectivity index is 1.68. The molecule has 4 rings (SSSR count). The second-order valence-corrected chi connectivity index (χ2v) is 9.03. The highest BCUT2D eigenvalue weighted by Gasteiger charge is 2.35. The van der Waals surface area contributed by atoms with E-state index in [1.807, 2.05) is 60.7 Å². The molecule has 0 aliphatic heterocycles. The SMILES string of the molecule is CC(CC(O)(c1ccc(N)cc1)c1ccc(N)cc1)N(Cc1ccccc1)Cc1ccccc1. The van der Waals surface area contributed by atoms with Crippen LogP contribution in [0, 0.1) is 0 Å². The molecule has 5 N–H and O–H groups in total. The van der Waals surface area contributed by atoms with Crippen molar-refractivity contribution in [2.24, 2.45) is 0 Å². The van der Waals surface area contributed by atoms with Crippen molar-refractivity contribution in [3.8, 4) is 0 Å². The molecule has 4 heteroatoms. The van der Waals surface area contributed by atoms with Crippen molar-refractivity contribution >= 4 is 11.4 Å². The zero-order valence-electron chi connectivity index (χ0n) is 19.6. The maximum absolute atomic E-state index is 12.2. The highest BCUT2D eigenvalue weighted by Crippen LogP contribution is 2.36. The summed E-state index contributed by atoms with van der Waals surface area (Å²) in [6.45, 7) is 3.76. The summed E-state index contributed by atoms with van der Waals surface area (Å²) in [5, 5.41) is 12.2. The normalized spacial score (nSPS) is 12.6. The van der Waals surface area contributed by atoms with Gasteiger partial charge in [0.15, 0.2) is 0 Å². The third-order valence-electron chi connectivity index (χ3n) is 6.45. The molecule has 0 radical (unpaired) electrons. The van der Waals surface area contributed by atoms with Gasteiger partial charge in [0.25, 0.3) is 0 Å². The van der Waals surface area contributed by atoms with Crippen LogP contribution in [0.2, 0.25) is 0 Å². The Morgan fingerprint density at radius 3 is 1.41 bits per heavy atom. The van der Waals surface area contributed by atoms with Gasteiger partial charge in [-0.05, 0) is 59.9 Å². The van der Waals surface area contributed by atoms with E-state index in [0.29, 0.717) is 17.8 Å². The highest BCUT2D eigenvalue weighted by atomic mass is 16.3. The topological polar surface area (TPSA) is 75.5 Å². The Labute approximate surface area is 202 Å². The van der Waals surface area contributed by atoms with Gasteiger partial charge < -0.3 is 16.6 Å². The lowest BCUT2D eigenvalue weighted by molar-refractivity contribution is 0.0325. The van der Waals surface area contributed by atoms with E-state index in [1.165, 1.54) is 11.1 Å². The average molecular weight is 452 g/mol. The average Bonchev–Trinajstić information content (AvgIpc) is 2.85. The van der Waals surface area contributed by atoms with Crippen molar-refractivity contribution in [1.82, 2.24) is 4.90 Å². The van der Waals surface area contributed by atoms with E-state index in [1.54, 1.807) is 0 Å². The molecule has 4 nitrogen and oxygen atoms in total. The Bertz CT molecular complexity index is 1070. The molecule has 0 fully saturated rings. The van der Waals surface area contributed by atoms with Crippen molar-refractivity contribution in [2.75, 3.05) is 11.5 Å². The lowest BCUT2D eigenvalue weighted by atomic mass is 9.81. The summed E-state index contributed by atoms with van der Waals surface area (Å²) in [5.74, 6) is 0. The van der Waals surface area contributed by atoms with Gasteiger partial charge in [-0.15, -0.1) is 0 Å². The first-order chi connectivity index (χ1) is 16.4. The molecule has 0 aliphatic rings. The van der Waals surface area contributed by atoms with Gasteiger partial charge >= 0.3 is 0 Å². The molecule has 1 atom stereocenters. The fraction of sp³-hybridized carbons (Fsp3) is 0.200. The van der Waals surface area contributed by atoms with Gasteiger partial charge in [-0.2, -0.15) is 0 Å². The van der Waals surface area contributed by atoms with Gasteiger partial charge in [0, 0.05) is 30.5 Å². The highest BCUT2D eigenvalue weighted by molar-refractivity contribution is 5.47. The Kier molecular flexibility index (Phi) is 7.31. The van der Waals surface area contributed by atoms with Crippen molar-refractivity contribution in [3.63, 3.8) is 0 Å². The van der Waals surface area contributed by atoms with E-state index in [0.717, 1.165) is 24.2 Å². The van der Waals surface area contributed by atoms with Crippen molar-refractivity contribution in [2.45, 2.75) is 38.1 Å². The van der Waals surface area contributed by atoms with E-state index >= 15 is 0 Å². The van der Waals surface area contributed by atoms with Gasteiger partial charge in [0.1, 0.15) is 5.60 Å². The van der Waals surface area contributed by atoms with Crippen LogP contribution in [-0.2, 0) is 18.7 Å². The minimum atomic E-state index is -1.19. The molecular weight excluding hydrogens is 418 g/mol. The summed E-state index contributed by atoms with van der Waals surface area (Å²) in [7, 11) is 0. The molecule has 0 spiro atoms. The van der Waals surface area contributed by atoms with Crippen molar-refractivity contribution in [1.29, 1.82) is 0 Å². The van der Waals surface area contributed by atoms with Gasteiger partial charge in [0.2, 0.25) is 0 Å². The van der Waals surface area contributed by atoms with Gasteiger partial charge in [-0.1, -0.05) is 84.9 Å². The molecule has 0 saturated carbocycles. The number of rotatable bonds is 9. The van der Waals surface area contributed by atoms with Gasteiger partial charge in [0.05, 0.1) is 0 Å². The first kappa shape index (κ1) is 23.6. The third-order valence-corrected chi connectivity index (χ3v) is 6.45. The third kappa shape index (κ3) is 5.66. The second kappa shape index (κ2) is 10.6. The van der Waals surface area contributed by atoms with E-state index in [9.17, 15) is 5.11 Å². The van der Waals surface area contributed by atoms with E-state index < -0.39 is 5.60 Å². The zero-order valence-corrected chi connectivity index (χ0v) is 19.6. The monoisotopic (exact) mass is 451 g/mol. The van der Waals surface area contributed by atoms with Gasteiger partial charge in [-0.3, -0.25) is 4.90 Å². The summed E-state index contributed by atoms with van der Waals surface area (Å²) in [6.07, 6.45) is 0.514. The lowest BCUT2D eigenvalue weighted by Crippen LogP contribution is -2.40. The summed E-state index contributed by atoms with van der Waals surface area (Å²) in [4.78, 5) is 2.42. The molecular formula is C30H33N3O. The number of nitrogen functional groups attached to an aromatic ring is 2. The van der Waals surface area contributed by atoms with Crippen LogP contribution in [0.5, 0.6) is 0 Å². The number of hydrogen-bond donors (Lipinski definition) is 3. The lowest BCUT2D eigenvalue weighted by Gasteiger charge is -2.37. The molecule has 0 bridgehead atoms. The summed E-state index contributed by atoms with van der Waals surface area (Å²) < 4.78 is 0. The predicted octanol–water partition coefficient (Wildman–Crippen LogP) is 5.57. The number of nitrogens with zero attached hydrogens (tertiary/aromatic N) is 1. The number of benzene rings is 4. The van der Waals surface area contributed by atoms with E-state index in [2.05, 4.69) is 60.4 Å². The van der Waals surface area contributed by atoms with Crippen LogP contribution in [0.25, 0.3) is 0 Å². The van der Waals surface area contributed by atoms with Crippen LogP contribution >= 0.6 is 0 Å². The second-order valence-electron chi connectivity index (χ2n) is 9.03. The molecule has 34 heavy (non-hydrogen) atoms. The molecule has 1 unspecified atom stereocenters. The standard InChI is InChI=1S/C30H33N3O/c1-23(33(21-24-8-4-2-5-9-24)22-25-10-6-3-7-11-25)20-30(34,26-12-16-28(31)17-13-26)27-14-18-29(32)19-15-27/h2-19,23,34H,20-22,31-32H2,1H3. The van der Waals surface area contributed by atoms with E-state index in [4.69, 9.17) is 11.5 Å². The van der Waals surface area contributed by atoms with Gasteiger partial charge in [-0.25, -0.2) is 0 Å². The number of nitrogens with two attached hydrogens (primary N) is 2. The van der Waals surface area contributed by atoms with Crippen molar-refractivity contribution < 1.29 is 5.11 Å². The Hall–Kier alpha value is -3.60. The maximum atomic E-state index is 12.2. The van der Waals surface area contributed by atoms with Crippen LogP contribution < -0.4 is 11.5 Å². The number of anilines is 2. The molecule has 4 aromatic rings. The molecule has 0 amide bonds. The molecule has 0 aliphatic carbocycles. The fourth-order valence-electron chi connectivity index (χ4n) is 4.48. The minimum Gasteiger partial charge on any atom is -0.399 e.